The van der Waals surface area contributed by atoms with Gasteiger partial charge in [0.2, 0.25) is 0 Å². The number of likely N-dealkylation sites (tertiary alicyclic amines) is 1. The third-order valence-electron chi connectivity index (χ3n) is 4.54. The summed E-state index contributed by atoms with van der Waals surface area (Å²) in [6.45, 7) is 1.43. The molecule has 1 saturated heterocycles. The molecular weight excluding hydrogens is 339 g/mol. The third-order valence-corrected chi connectivity index (χ3v) is 5.23. The molecule has 4 rings (SSSR count). The van der Waals surface area contributed by atoms with Gasteiger partial charge >= 0.3 is 0 Å². The summed E-state index contributed by atoms with van der Waals surface area (Å²) in [6, 6.07) is 8.01. The molecule has 0 aliphatic carbocycles. The van der Waals surface area contributed by atoms with Gasteiger partial charge < -0.3 is 4.90 Å². The number of aromatic amines is 1. The molecule has 0 unspecified atom stereocenters. The van der Waals surface area contributed by atoms with Crippen molar-refractivity contribution in [2.24, 2.45) is 0 Å². The van der Waals surface area contributed by atoms with E-state index in [1.54, 1.807) is 12.1 Å². The van der Waals surface area contributed by atoms with Gasteiger partial charge in [0.15, 0.2) is 5.82 Å². The molecule has 7 heteroatoms. The molecule has 128 valence electrons. The lowest BCUT2D eigenvalue weighted by Crippen LogP contribution is -2.37. The number of nitrogens with zero attached hydrogens (tertiary/aromatic N) is 3. The summed E-state index contributed by atoms with van der Waals surface area (Å²) in [5.74, 6) is 1.49. The average Bonchev–Trinajstić information content (AvgIpc) is 3.34. The van der Waals surface area contributed by atoms with Crippen LogP contribution in [-0.4, -0.2) is 39.1 Å². The molecule has 1 N–H and O–H groups in total. The molecule has 25 heavy (non-hydrogen) atoms. The van der Waals surface area contributed by atoms with E-state index in [2.05, 4.69) is 15.2 Å². The van der Waals surface area contributed by atoms with Gasteiger partial charge in [0.25, 0.3) is 5.91 Å². The molecule has 3 heterocycles. The van der Waals surface area contributed by atoms with Gasteiger partial charge in [0, 0.05) is 30.0 Å². The van der Waals surface area contributed by atoms with E-state index in [0.29, 0.717) is 18.9 Å². The van der Waals surface area contributed by atoms with Crippen molar-refractivity contribution in [1.82, 2.24) is 20.1 Å². The Balaban J connectivity index is 1.41. The highest BCUT2D eigenvalue weighted by molar-refractivity contribution is 7.08. The highest BCUT2D eigenvalue weighted by Crippen LogP contribution is 2.28. The van der Waals surface area contributed by atoms with E-state index < -0.39 is 0 Å². The Morgan fingerprint density at radius 1 is 1.20 bits per heavy atom. The largest absolute Gasteiger partial charge is 0.339 e. The Bertz CT molecular complexity index is 852. The molecule has 0 spiro atoms. The van der Waals surface area contributed by atoms with Gasteiger partial charge in [-0.1, -0.05) is 0 Å². The Morgan fingerprint density at radius 3 is 2.64 bits per heavy atom. The van der Waals surface area contributed by atoms with Crippen molar-refractivity contribution in [1.29, 1.82) is 0 Å². The molecular formula is C18H17FN4OS. The predicted octanol–water partition coefficient (Wildman–Crippen LogP) is 3.69. The number of piperidine rings is 1. The fourth-order valence-electron chi connectivity index (χ4n) is 3.11. The average molecular weight is 356 g/mol. The number of carbonyl (C=O) groups excluding carboxylic acids is 1. The Morgan fingerprint density at radius 2 is 1.96 bits per heavy atom. The topological polar surface area (TPSA) is 61.9 Å². The van der Waals surface area contributed by atoms with E-state index in [0.717, 1.165) is 29.8 Å². The maximum absolute atomic E-state index is 13.0. The van der Waals surface area contributed by atoms with Gasteiger partial charge in [-0.15, -0.1) is 0 Å². The second-order valence-electron chi connectivity index (χ2n) is 6.13. The summed E-state index contributed by atoms with van der Waals surface area (Å²) in [5.41, 5.74) is 1.55. The monoisotopic (exact) mass is 356 g/mol. The van der Waals surface area contributed by atoms with Crippen molar-refractivity contribution >= 4 is 17.2 Å². The highest BCUT2D eigenvalue weighted by Gasteiger charge is 2.26. The maximum atomic E-state index is 13.0. The lowest BCUT2D eigenvalue weighted by Gasteiger charge is -2.30. The highest BCUT2D eigenvalue weighted by atomic mass is 32.1. The number of hydrogen-bond donors (Lipinski definition) is 1. The van der Waals surface area contributed by atoms with Crippen LogP contribution >= 0.6 is 11.3 Å². The van der Waals surface area contributed by atoms with Gasteiger partial charge in [-0.05, 0) is 48.6 Å². The number of thiophene rings is 1. The van der Waals surface area contributed by atoms with Crippen molar-refractivity contribution < 1.29 is 9.18 Å². The van der Waals surface area contributed by atoms with E-state index in [1.165, 1.54) is 23.5 Å². The summed E-state index contributed by atoms with van der Waals surface area (Å²) in [4.78, 5) is 18.8. The van der Waals surface area contributed by atoms with Crippen LogP contribution in [0.2, 0.25) is 0 Å². The number of carbonyl (C=O) groups is 1. The molecule has 1 aliphatic heterocycles. The first kappa shape index (κ1) is 16.0. The normalized spacial score (nSPS) is 15.5. The van der Waals surface area contributed by atoms with E-state index >= 15 is 0 Å². The first-order chi connectivity index (χ1) is 12.2. The van der Waals surface area contributed by atoms with Crippen LogP contribution in [0.25, 0.3) is 11.4 Å². The number of nitrogens with one attached hydrogen (secondary N) is 1. The van der Waals surface area contributed by atoms with E-state index in [1.807, 2.05) is 21.7 Å². The van der Waals surface area contributed by atoms with Crippen molar-refractivity contribution in [2.45, 2.75) is 18.8 Å². The van der Waals surface area contributed by atoms with Gasteiger partial charge in [-0.2, -0.15) is 16.4 Å². The zero-order chi connectivity index (χ0) is 17.2. The minimum absolute atomic E-state index is 0.101. The molecule has 1 amide bonds. The Hall–Kier alpha value is -2.54. The molecule has 1 aliphatic rings. The minimum atomic E-state index is -0.276. The van der Waals surface area contributed by atoms with Crippen molar-refractivity contribution in [3.05, 3.63) is 58.3 Å². The molecule has 1 fully saturated rings. The lowest BCUT2D eigenvalue weighted by molar-refractivity contribution is 0.0711. The van der Waals surface area contributed by atoms with Crippen LogP contribution in [0.4, 0.5) is 4.39 Å². The number of benzene rings is 1. The van der Waals surface area contributed by atoms with Crippen LogP contribution in [0.3, 0.4) is 0 Å². The zero-order valence-electron chi connectivity index (χ0n) is 13.5. The molecule has 0 atom stereocenters. The number of rotatable bonds is 3. The third kappa shape index (κ3) is 3.32. The number of aromatic nitrogens is 3. The quantitative estimate of drug-likeness (QED) is 0.778. The maximum Gasteiger partial charge on any atom is 0.254 e. The summed E-state index contributed by atoms with van der Waals surface area (Å²) in [5, 5.41) is 11.1. The number of hydrogen-bond acceptors (Lipinski definition) is 4. The molecule has 0 radical (unpaired) electrons. The van der Waals surface area contributed by atoms with Crippen LogP contribution < -0.4 is 0 Å². The first-order valence-corrected chi connectivity index (χ1v) is 9.15. The Labute approximate surface area is 148 Å². The number of amides is 1. The van der Waals surface area contributed by atoms with Gasteiger partial charge in [-0.25, -0.2) is 9.37 Å². The van der Waals surface area contributed by atoms with E-state index in [-0.39, 0.29) is 17.6 Å². The van der Waals surface area contributed by atoms with Crippen LogP contribution in [-0.2, 0) is 0 Å². The predicted molar refractivity (Wildman–Crippen MR) is 94.0 cm³/mol. The van der Waals surface area contributed by atoms with Crippen LogP contribution in [0.15, 0.2) is 41.1 Å². The van der Waals surface area contributed by atoms with Crippen molar-refractivity contribution in [3.63, 3.8) is 0 Å². The van der Waals surface area contributed by atoms with E-state index in [9.17, 15) is 9.18 Å². The van der Waals surface area contributed by atoms with Crippen molar-refractivity contribution in [3.8, 4) is 11.4 Å². The summed E-state index contributed by atoms with van der Waals surface area (Å²) < 4.78 is 13.0. The summed E-state index contributed by atoms with van der Waals surface area (Å²) >= 11 is 1.54. The first-order valence-electron chi connectivity index (χ1n) is 8.20. The SMILES string of the molecule is O=C(c1ccsc1)N1CCC(c2nc(-c3ccc(F)cc3)n[nH]2)CC1. The Kier molecular flexibility index (Phi) is 4.31. The molecule has 2 aromatic heterocycles. The minimum Gasteiger partial charge on any atom is -0.339 e. The fraction of sp³-hybridized carbons (Fsp3) is 0.278. The number of H-pyrrole nitrogens is 1. The van der Waals surface area contributed by atoms with Crippen LogP contribution in [0.1, 0.15) is 34.9 Å². The van der Waals surface area contributed by atoms with Crippen LogP contribution in [0, 0.1) is 5.82 Å². The van der Waals surface area contributed by atoms with Gasteiger partial charge in [-0.3, -0.25) is 9.89 Å². The molecule has 1 aromatic carbocycles. The molecule has 0 saturated carbocycles. The van der Waals surface area contributed by atoms with Gasteiger partial charge in [0.05, 0.1) is 5.56 Å². The van der Waals surface area contributed by atoms with Gasteiger partial charge in [0.1, 0.15) is 11.6 Å². The lowest BCUT2D eigenvalue weighted by atomic mass is 9.96. The second-order valence-corrected chi connectivity index (χ2v) is 6.91. The van der Waals surface area contributed by atoms with Crippen molar-refractivity contribution in [2.75, 3.05) is 13.1 Å². The summed E-state index contributed by atoms with van der Waals surface area (Å²) in [7, 11) is 0. The zero-order valence-corrected chi connectivity index (χ0v) is 14.3. The molecule has 3 aromatic rings. The fourth-order valence-corrected chi connectivity index (χ4v) is 3.74. The molecule has 0 bridgehead atoms. The van der Waals surface area contributed by atoms with E-state index in [4.69, 9.17) is 0 Å². The summed E-state index contributed by atoms with van der Waals surface area (Å²) in [6.07, 6.45) is 1.71. The van der Waals surface area contributed by atoms with Crippen LogP contribution in [0.5, 0.6) is 0 Å². The molecule has 5 nitrogen and oxygen atoms in total. The standard InChI is InChI=1S/C18H17FN4OS/c19-15-3-1-12(2-4-15)16-20-17(22-21-16)13-5-8-23(9-6-13)18(24)14-7-10-25-11-14/h1-4,7,10-11,13H,5-6,8-9H2,(H,20,21,22). The number of halogens is 1. The second kappa shape index (κ2) is 6.76. The smallest absolute Gasteiger partial charge is 0.254 e.